The molecule has 1 aliphatic carbocycles. The highest BCUT2D eigenvalue weighted by molar-refractivity contribution is 5.93. The third-order valence-electron chi connectivity index (χ3n) is 9.46. The van der Waals surface area contributed by atoms with E-state index in [0.717, 1.165) is 0 Å². The molecule has 0 radical (unpaired) electrons. The van der Waals surface area contributed by atoms with Gasteiger partial charge in [0.05, 0.1) is 33.4 Å². The molecule has 0 bridgehead atoms. The number of ether oxygens (including phenoxy) is 6. The Labute approximate surface area is 344 Å². The zero-order valence-electron chi connectivity index (χ0n) is 31.7. The minimum Gasteiger partial charge on any atom is -0.450 e. The second-order valence-corrected chi connectivity index (χ2v) is 13.4. The molecule has 0 unspecified atom stereocenters. The van der Waals surface area contributed by atoms with E-state index in [1.54, 1.807) is 109 Å². The standard InChI is InChI=1S/C48H36O12/c49-43(31-19-7-1-8-20-31)55-37-38(56-44(50)32-21-9-2-10-22-32)40(58-46(52)34-25-13-4-14-26-34)42(60-48(54)36-29-17-6-18-30-36)41(59-47(53)35-27-15-5-16-28-35)39(37)57-45(51)33-23-11-3-12-24-33/h1-30,37-42H. The van der Waals surface area contributed by atoms with Gasteiger partial charge in [-0.1, -0.05) is 109 Å². The second-order valence-electron chi connectivity index (χ2n) is 13.4. The fraction of sp³-hybridized carbons (Fsp3) is 0.125. The van der Waals surface area contributed by atoms with Gasteiger partial charge in [0.15, 0.2) is 36.6 Å². The van der Waals surface area contributed by atoms with Crippen molar-refractivity contribution in [3.05, 3.63) is 215 Å². The van der Waals surface area contributed by atoms with Gasteiger partial charge in [-0.2, -0.15) is 0 Å². The largest absolute Gasteiger partial charge is 0.450 e. The molecule has 0 spiro atoms. The van der Waals surface area contributed by atoms with Gasteiger partial charge >= 0.3 is 35.8 Å². The predicted molar refractivity (Wildman–Crippen MR) is 214 cm³/mol. The van der Waals surface area contributed by atoms with Gasteiger partial charge in [-0.3, -0.25) is 0 Å². The fourth-order valence-electron chi connectivity index (χ4n) is 6.52. The molecular weight excluding hydrogens is 769 g/mol. The first-order chi connectivity index (χ1) is 29.3. The molecule has 0 saturated heterocycles. The van der Waals surface area contributed by atoms with Crippen LogP contribution in [0.3, 0.4) is 0 Å². The summed E-state index contributed by atoms with van der Waals surface area (Å²) in [5, 5.41) is 0. The van der Waals surface area contributed by atoms with Crippen molar-refractivity contribution in [2.24, 2.45) is 0 Å². The fourth-order valence-corrected chi connectivity index (χ4v) is 6.52. The van der Waals surface area contributed by atoms with Crippen molar-refractivity contribution in [2.45, 2.75) is 36.6 Å². The molecular formula is C48H36O12. The van der Waals surface area contributed by atoms with Crippen LogP contribution in [0.5, 0.6) is 0 Å². The van der Waals surface area contributed by atoms with Gasteiger partial charge in [-0.15, -0.1) is 0 Å². The molecule has 0 aromatic heterocycles. The molecule has 0 amide bonds. The molecule has 300 valence electrons. The zero-order valence-corrected chi connectivity index (χ0v) is 31.7. The first-order valence-corrected chi connectivity index (χ1v) is 18.8. The van der Waals surface area contributed by atoms with E-state index in [0.29, 0.717) is 0 Å². The minimum atomic E-state index is -1.88. The number of benzene rings is 6. The average molecular weight is 805 g/mol. The summed E-state index contributed by atoms with van der Waals surface area (Å²) in [4.78, 5) is 84.3. The lowest BCUT2D eigenvalue weighted by Crippen LogP contribution is -2.69. The summed E-state index contributed by atoms with van der Waals surface area (Å²) < 4.78 is 36.8. The lowest BCUT2D eigenvalue weighted by molar-refractivity contribution is -0.223. The number of hydrogen-bond donors (Lipinski definition) is 0. The lowest BCUT2D eigenvalue weighted by atomic mass is 9.83. The van der Waals surface area contributed by atoms with Crippen LogP contribution >= 0.6 is 0 Å². The average Bonchev–Trinajstić information content (AvgIpc) is 3.31. The molecule has 12 nitrogen and oxygen atoms in total. The van der Waals surface area contributed by atoms with Crippen molar-refractivity contribution in [1.29, 1.82) is 0 Å². The monoisotopic (exact) mass is 804 g/mol. The Hall–Kier alpha value is -7.86. The van der Waals surface area contributed by atoms with E-state index in [2.05, 4.69) is 0 Å². The van der Waals surface area contributed by atoms with Crippen LogP contribution in [0.15, 0.2) is 182 Å². The van der Waals surface area contributed by atoms with Crippen molar-refractivity contribution in [1.82, 2.24) is 0 Å². The second kappa shape index (κ2) is 19.1. The van der Waals surface area contributed by atoms with Crippen LogP contribution in [0.2, 0.25) is 0 Å². The van der Waals surface area contributed by atoms with Crippen molar-refractivity contribution >= 4 is 35.8 Å². The van der Waals surface area contributed by atoms with Crippen LogP contribution in [0.1, 0.15) is 62.1 Å². The Balaban J connectivity index is 1.43. The molecule has 1 fully saturated rings. The molecule has 0 heterocycles. The lowest BCUT2D eigenvalue weighted by Gasteiger charge is -2.47. The Morgan fingerprint density at radius 2 is 0.333 bits per heavy atom. The van der Waals surface area contributed by atoms with Crippen LogP contribution in [0.25, 0.3) is 0 Å². The van der Waals surface area contributed by atoms with Crippen LogP contribution < -0.4 is 0 Å². The number of rotatable bonds is 12. The molecule has 1 aliphatic rings. The Morgan fingerprint density at radius 1 is 0.217 bits per heavy atom. The van der Waals surface area contributed by atoms with Crippen molar-refractivity contribution in [3.8, 4) is 0 Å². The number of esters is 6. The quantitative estimate of drug-likeness (QED) is 0.0896. The van der Waals surface area contributed by atoms with E-state index in [-0.39, 0.29) is 33.4 Å². The smallest absolute Gasteiger partial charge is 0.338 e. The number of hydrogen-bond acceptors (Lipinski definition) is 12. The van der Waals surface area contributed by atoms with Gasteiger partial charge in [0.2, 0.25) is 0 Å². The van der Waals surface area contributed by atoms with Gasteiger partial charge in [-0.25, -0.2) is 28.8 Å². The van der Waals surface area contributed by atoms with E-state index in [9.17, 15) is 28.8 Å². The van der Waals surface area contributed by atoms with Gasteiger partial charge in [0.25, 0.3) is 0 Å². The first-order valence-electron chi connectivity index (χ1n) is 18.8. The van der Waals surface area contributed by atoms with Gasteiger partial charge in [-0.05, 0) is 72.8 Å². The Morgan fingerprint density at radius 3 is 0.450 bits per heavy atom. The molecule has 1 saturated carbocycles. The molecule has 60 heavy (non-hydrogen) atoms. The van der Waals surface area contributed by atoms with Crippen molar-refractivity contribution < 1.29 is 57.2 Å². The van der Waals surface area contributed by atoms with Gasteiger partial charge in [0, 0.05) is 0 Å². The van der Waals surface area contributed by atoms with Crippen molar-refractivity contribution in [3.63, 3.8) is 0 Å². The highest BCUT2D eigenvalue weighted by Crippen LogP contribution is 2.37. The summed E-state index contributed by atoms with van der Waals surface area (Å²) >= 11 is 0. The molecule has 0 atom stereocenters. The Bertz CT molecular complexity index is 1950. The Kier molecular flexibility index (Phi) is 12.8. The SMILES string of the molecule is O=C(OC1C(OC(=O)c2ccccc2)C(OC(=O)c2ccccc2)C(OC(=O)c2ccccc2)C(OC(=O)c2ccccc2)C1OC(=O)c1ccccc1)c1ccccc1. The third kappa shape index (κ3) is 9.63. The molecule has 7 rings (SSSR count). The maximum atomic E-state index is 14.1. The van der Waals surface area contributed by atoms with Gasteiger partial charge < -0.3 is 28.4 Å². The topological polar surface area (TPSA) is 158 Å². The maximum Gasteiger partial charge on any atom is 0.338 e. The van der Waals surface area contributed by atoms with E-state index < -0.39 is 72.4 Å². The van der Waals surface area contributed by atoms with Crippen molar-refractivity contribution in [2.75, 3.05) is 0 Å². The molecule has 12 heteroatoms. The highest BCUT2D eigenvalue weighted by atomic mass is 16.7. The maximum absolute atomic E-state index is 14.1. The summed E-state index contributed by atoms with van der Waals surface area (Å²) in [6, 6.07) is 46.7. The van der Waals surface area contributed by atoms with E-state index in [4.69, 9.17) is 28.4 Å². The summed E-state index contributed by atoms with van der Waals surface area (Å²) in [7, 11) is 0. The molecule has 0 N–H and O–H groups in total. The van der Waals surface area contributed by atoms with Crippen LogP contribution in [0.4, 0.5) is 0 Å². The van der Waals surface area contributed by atoms with E-state index >= 15 is 0 Å². The molecule has 0 aliphatic heterocycles. The summed E-state index contributed by atoms with van der Waals surface area (Å²) in [6.45, 7) is 0. The molecule has 6 aromatic carbocycles. The van der Waals surface area contributed by atoms with Crippen LogP contribution in [-0.4, -0.2) is 72.4 Å². The van der Waals surface area contributed by atoms with E-state index in [1.165, 1.54) is 72.8 Å². The highest BCUT2D eigenvalue weighted by Gasteiger charge is 2.61. The van der Waals surface area contributed by atoms with Crippen LogP contribution in [0, 0.1) is 0 Å². The number of carbonyl (C=O) groups is 6. The number of carbonyl (C=O) groups excluding carboxylic acids is 6. The summed E-state index contributed by atoms with van der Waals surface area (Å²) in [6.07, 6.45) is -11.3. The summed E-state index contributed by atoms with van der Waals surface area (Å²) in [5.74, 6) is -5.82. The van der Waals surface area contributed by atoms with Gasteiger partial charge in [0.1, 0.15) is 0 Å². The third-order valence-corrected chi connectivity index (χ3v) is 9.46. The summed E-state index contributed by atoms with van der Waals surface area (Å²) in [5.41, 5.74) is 0.289. The minimum absolute atomic E-state index is 0.0482. The normalized spacial score (nSPS) is 19.4. The first kappa shape index (κ1) is 40.3. The zero-order chi connectivity index (χ0) is 41.8. The van der Waals surface area contributed by atoms with Crippen LogP contribution in [-0.2, 0) is 28.4 Å². The predicted octanol–water partition coefficient (Wildman–Crippen LogP) is 7.35. The van der Waals surface area contributed by atoms with E-state index in [1.807, 2.05) is 0 Å². The molecule has 6 aromatic rings.